The molecular weight excluding hydrogens is 514 g/mol. The van der Waals surface area contributed by atoms with E-state index in [9.17, 15) is 19.2 Å². The fourth-order valence-electron chi connectivity index (χ4n) is 5.11. The maximum atomic E-state index is 13.4. The van der Waals surface area contributed by atoms with Crippen molar-refractivity contribution in [2.45, 2.75) is 44.9 Å². The van der Waals surface area contributed by atoms with Gasteiger partial charge in [-0.25, -0.2) is 14.3 Å². The van der Waals surface area contributed by atoms with E-state index in [2.05, 4.69) is 10.3 Å². The number of hydrogen-bond donors (Lipinski definition) is 1. The Morgan fingerprint density at radius 3 is 2.62 bits per heavy atom. The van der Waals surface area contributed by atoms with Gasteiger partial charge in [0, 0.05) is 13.7 Å². The van der Waals surface area contributed by atoms with Crippen molar-refractivity contribution in [3.8, 4) is 0 Å². The molecule has 0 saturated heterocycles. The predicted molar refractivity (Wildman–Crippen MR) is 147 cm³/mol. The number of rotatable bonds is 10. The summed E-state index contributed by atoms with van der Waals surface area (Å²) in [5.74, 6) is -1.32. The molecule has 4 aromatic rings. The van der Waals surface area contributed by atoms with E-state index in [0.717, 1.165) is 35.0 Å². The van der Waals surface area contributed by atoms with Gasteiger partial charge in [0.05, 0.1) is 25.5 Å². The number of nitrogens with zero attached hydrogens (tertiary/aromatic N) is 4. The Morgan fingerprint density at radius 1 is 1.05 bits per heavy atom. The third kappa shape index (κ3) is 5.74. The lowest BCUT2D eigenvalue weighted by atomic mass is 9.88. The van der Waals surface area contributed by atoms with E-state index in [-0.39, 0.29) is 23.8 Å². The molecule has 0 saturated carbocycles. The van der Waals surface area contributed by atoms with E-state index in [1.807, 2.05) is 54.6 Å². The summed E-state index contributed by atoms with van der Waals surface area (Å²) in [4.78, 5) is 56.6. The van der Waals surface area contributed by atoms with Crippen molar-refractivity contribution in [1.82, 2.24) is 24.0 Å². The van der Waals surface area contributed by atoms with Gasteiger partial charge in [0.15, 0.2) is 17.8 Å². The summed E-state index contributed by atoms with van der Waals surface area (Å²) < 4.78 is 14.1. The van der Waals surface area contributed by atoms with Crippen LogP contribution in [0.15, 0.2) is 70.5 Å². The number of aryl methyl sites for hydroxylation is 1. The smallest absolute Gasteiger partial charge is 0.333 e. The monoisotopic (exact) mass is 545 g/mol. The normalized spacial score (nSPS) is 14.6. The molecule has 0 aliphatic heterocycles. The summed E-state index contributed by atoms with van der Waals surface area (Å²) in [7, 11) is 1.54. The molecule has 1 aliphatic carbocycles. The standard InChI is InChI=1S/C29H31N5O6/c1-39-15-14-32-19-30-27-26(32)28(37)34(29(38)33(27)16-20-8-3-2-4-9-20)17-25(36)40-18-24(35)31-23-13-7-11-21-10-5-6-12-22(21)23/h2-6,8-10,12,19,23H,7,11,13-18H2,1H3,(H,31,35)/t23-/m0/s1. The van der Waals surface area contributed by atoms with Crippen molar-refractivity contribution in [3.05, 3.63) is 98.5 Å². The fraction of sp³-hybridized carbons (Fsp3) is 0.345. The number of fused-ring (bicyclic) bond motifs is 2. The minimum Gasteiger partial charge on any atom is -0.454 e. The van der Waals surface area contributed by atoms with Crippen LogP contribution in [0, 0.1) is 0 Å². The Morgan fingerprint density at radius 2 is 1.82 bits per heavy atom. The lowest BCUT2D eigenvalue weighted by Gasteiger charge is -2.26. The summed E-state index contributed by atoms with van der Waals surface area (Å²) in [6.07, 6.45) is 4.18. The quantitative estimate of drug-likeness (QED) is 0.301. The van der Waals surface area contributed by atoms with Crippen LogP contribution in [-0.4, -0.2) is 50.9 Å². The molecule has 208 valence electrons. The number of hydrogen-bond acceptors (Lipinski definition) is 7. The molecule has 40 heavy (non-hydrogen) atoms. The highest BCUT2D eigenvalue weighted by Gasteiger charge is 2.23. The van der Waals surface area contributed by atoms with E-state index in [1.54, 1.807) is 11.7 Å². The third-order valence-corrected chi connectivity index (χ3v) is 7.06. The summed E-state index contributed by atoms with van der Waals surface area (Å²) in [6, 6.07) is 17.1. The van der Waals surface area contributed by atoms with Crippen molar-refractivity contribution < 1.29 is 19.1 Å². The molecule has 0 bridgehead atoms. The first-order valence-corrected chi connectivity index (χ1v) is 13.2. The van der Waals surface area contributed by atoms with Crippen LogP contribution in [-0.2, 0) is 45.1 Å². The van der Waals surface area contributed by atoms with Crippen LogP contribution in [0.25, 0.3) is 11.2 Å². The topological polar surface area (TPSA) is 126 Å². The first kappa shape index (κ1) is 27.1. The highest BCUT2D eigenvalue weighted by atomic mass is 16.5. The molecular formula is C29H31N5O6. The fourth-order valence-corrected chi connectivity index (χ4v) is 5.11. The zero-order chi connectivity index (χ0) is 28.1. The van der Waals surface area contributed by atoms with Crippen molar-refractivity contribution in [1.29, 1.82) is 0 Å². The Labute approximate surface area is 230 Å². The number of carbonyl (C=O) groups excluding carboxylic acids is 2. The van der Waals surface area contributed by atoms with Gasteiger partial charge in [0.25, 0.3) is 11.5 Å². The average Bonchev–Trinajstić information content (AvgIpc) is 3.40. The van der Waals surface area contributed by atoms with Crippen LogP contribution < -0.4 is 16.6 Å². The maximum Gasteiger partial charge on any atom is 0.333 e. The molecule has 1 amide bonds. The number of nitrogens with one attached hydrogen (secondary N) is 1. The van der Waals surface area contributed by atoms with Gasteiger partial charge in [-0.3, -0.25) is 19.0 Å². The van der Waals surface area contributed by atoms with E-state index < -0.39 is 36.3 Å². The molecule has 5 rings (SSSR count). The number of imidazole rings is 1. The van der Waals surface area contributed by atoms with Gasteiger partial charge in [0.1, 0.15) is 6.54 Å². The number of benzene rings is 2. The molecule has 1 N–H and O–H groups in total. The van der Waals surface area contributed by atoms with Crippen LogP contribution in [0.3, 0.4) is 0 Å². The number of carbonyl (C=O) groups is 2. The van der Waals surface area contributed by atoms with Crippen LogP contribution in [0.4, 0.5) is 0 Å². The van der Waals surface area contributed by atoms with Gasteiger partial charge in [0.2, 0.25) is 0 Å². The van der Waals surface area contributed by atoms with E-state index >= 15 is 0 Å². The third-order valence-electron chi connectivity index (χ3n) is 7.06. The number of esters is 1. The van der Waals surface area contributed by atoms with Crippen molar-refractivity contribution >= 4 is 23.0 Å². The molecule has 2 heterocycles. The molecule has 0 spiro atoms. The predicted octanol–water partition coefficient (Wildman–Crippen LogP) is 1.79. The maximum absolute atomic E-state index is 13.4. The zero-order valence-corrected chi connectivity index (χ0v) is 22.2. The Kier molecular flexibility index (Phi) is 8.20. The van der Waals surface area contributed by atoms with Crippen LogP contribution >= 0.6 is 0 Å². The molecule has 1 aliphatic rings. The lowest BCUT2D eigenvalue weighted by molar-refractivity contribution is -0.149. The summed E-state index contributed by atoms with van der Waals surface area (Å²) in [5.41, 5.74) is 2.11. The number of amides is 1. The largest absolute Gasteiger partial charge is 0.454 e. The second-order valence-corrected chi connectivity index (χ2v) is 9.72. The van der Waals surface area contributed by atoms with Crippen molar-refractivity contribution in [3.63, 3.8) is 0 Å². The minimum absolute atomic E-state index is 0.151. The Hall–Kier alpha value is -4.51. The lowest BCUT2D eigenvalue weighted by Crippen LogP contribution is -2.43. The molecule has 11 nitrogen and oxygen atoms in total. The summed E-state index contributed by atoms with van der Waals surface area (Å²) in [6.45, 7) is -0.347. The van der Waals surface area contributed by atoms with Gasteiger partial charge in [-0.1, -0.05) is 54.6 Å². The van der Waals surface area contributed by atoms with Gasteiger partial charge in [-0.05, 0) is 36.0 Å². The molecule has 2 aromatic heterocycles. The number of ether oxygens (including phenoxy) is 2. The second-order valence-electron chi connectivity index (χ2n) is 9.72. The van der Waals surface area contributed by atoms with E-state index in [0.29, 0.717) is 13.2 Å². The van der Waals surface area contributed by atoms with Crippen molar-refractivity contribution in [2.24, 2.45) is 0 Å². The molecule has 0 radical (unpaired) electrons. The van der Waals surface area contributed by atoms with Crippen LogP contribution in [0.1, 0.15) is 35.6 Å². The molecule has 0 unspecified atom stereocenters. The van der Waals surface area contributed by atoms with Crippen LogP contribution in [0.5, 0.6) is 0 Å². The summed E-state index contributed by atoms with van der Waals surface area (Å²) in [5, 5.41) is 2.93. The number of aromatic nitrogens is 4. The summed E-state index contributed by atoms with van der Waals surface area (Å²) >= 11 is 0. The number of methoxy groups -OCH3 is 1. The second kappa shape index (κ2) is 12.1. The van der Waals surface area contributed by atoms with E-state index in [4.69, 9.17) is 9.47 Å². The molecule has 0 fully saturated rings. The van der Waals surface area contributed by atoms with Gasteiger partial charge >= 0.3 is 11.7 Å². The first-order valence-electron chi connectivity index (χ1n) is 13.2. The van der Waals surface area contributed by atoms with Gasteiger partial charge in [-0.2, -0.15) is 0 Å². The Bertz CT molecular complexity index is 1640. The average molecular weight is 546 g/mol. The van der Waals surface area contributed by atoms with Gasteiger partial charge in [-0.15, -0.1) is 0 Å². The first-order chi connectivity index (χ1) is 19.5. The molecule has 11 heteroatoms. The zero-order valence-electron chi connectivity index (χ0n) is 22.2. The highest BCUT2D eigenvalue weighted by Crippen LogP contribution is 2.29. The van der Waals surface area contributed by atoms with Crippen LogP contribution in [0.2, 0.25) is 0 Å². The minimum atomic E-state index is -0.869. The SMILES string of the molecule is COCCn1cnc2c1c(=O)n(CC(=O)OCC(=O)N[C@H]1CCCc3ccccc31)c(=O)n2Cc1ccccc1. The van der Waals surface area contributed by atoms with E-state index in [1.165, 1.54) is 16.5 Å². The van der Waals surface area contributed by atoms with Crippen molar-refractivity contribution in [2.75, 3.05) is 20.3 Å². The molecule has 2 aromatic carbocycles. The highest BCUT2D eigenvalue weighted by molar-refractivity contribution is 5.81. The Balaban J connectivity index is 1.35. The molecule has 1 atom stereocenters. The van der Waals surface area contributed by atoms with Gasteiger partial charge < -0.3 is 19.4 Å².